The molecule has 5 heteroatoms. The number of nitriles is 1. The number of hydrogen-bond donors (Lipinski definition) is 0. The Morgan fingerprint density at radius 2 is 2.07 bits per heavy atom. The number of rotatable bonds is 2. The molecule has 0 amide bonds. The van der Waals surface area contributed by atoms with Crippen molar-refractivity contribution in [3.05, 3.63) is 47.1 Å². The van der Waals surface area contributed by atoms with Gasteiger partial charge in [-0.2, -0.15) is 15.0 Å². The second-order valence-electron chi connectivity index (χ2n) is 2.93. The van der Waals surface area contributed by atoms with Gasteiger partial charge in [-0.25, -0.2) is 9.36 Å². The molecule has 2 rings (SSSR count). The molecule has 0 aliphatic rings. The quantitative estimate of drug-likeness (QED) is 0.711. The van der Waals surface area contributed by atoms with E-state index in [1.807, 2.05) is 24.3 Å². The van der Waals surface area contributed by atoms with Crippen LogP contribution in [-0.4, -0.2) is 14.3 Å². The highest BCUT2D eigenvalue weighted by molar-refractivity contribution is 5.30. The van der Waals surface area contributed by atoms with E-state index in [1.54, 1.807) is 12.1 Å². The van der Waals surface area contributed by atoms with Crippen molar-refractivity contribution in [1.29, 1.82) is 5.26 Å². The third-order valence-corrected chi connectivity index (χ3v) is 1.99. The Labute approximate surface area is 85.8 Å². The van der Waals surface area contributed by atoms with E-state index >= 15 is 0 Å². The first kappa shape index (κ1) is 9.21. The third-order valence-electron chi connectivity index (χ3n) is 1.99. The predicted octanol–water partition coefficient (Wildman–Crippen LogP) is 0.558. The zero-order chi connectivity index (χ0) is 10.7. The molecule has 2 aromatic rings. The van der Waals surface area contributed by atoms with Crippen molar-refractivity contribution in [2.24, 2.45) is 0 Å². The largest absolute Gasteiger partial charge is 0.351 e. The van der Waals surface area contributed by atoms with Crippen LogP contribution >= 0.6 is 0 Å². The van der Waals surface area contributed by atoms with Gasteiger partial charge in [0, 0.05) is 0 Å². The van der Waals surface area contributed by atoms with E-state index in [1.165, 1.54) is 10.9 Å². The molecule has 0 bridgehead atoms. The minimum atomic E-state index is -0.303. The van der Waals surface area contributed by atoms with Crippen molar-refractivity contribution in [3.8, 4) is 11.8 Å². The van der Waals surface area contributed by atoms with Gasteiger partial charge in [-0.3, -0.25) is 0 Å². The summed E-state index contributed by atoms with van der Waals surface area (Å²) >= 11 is 0. The van der Waals surface area contributed by atoms with E-state index in [0.29, 0.717) is 0 Å². The fraction of sp³-hybridized carbons (Fsp3) is 0.100. The van der Waals surface area contributed by atoms with Crippen LogP contribution in [-0.2, 0) is 6.54 Å². The second-order valence-corrected chi connectivity index (χ2v) is 2.93. The lowest BCUT2D eigenvalue weighted by molar-refractivity contribution is 0.674. The van der Waals surface area contributed by atoms with Crippen LogP contribution in [0.3, 0.4) is 0 Å². The smallest absolute Gasteiger partial charge is 0.250 e. The van der Waals surface area contributed by atoms with Gasteiger partial charge in [0.1, 0.15) is 12.9 Å². The Hall–Kier alpha value is -2.35. The van der Waals surface area contributed by atoms with Crippen molar-refractivity contribution in [2.75, 3.05) is 0 Å². The van der Waals surface area contributed by atoms with Gasteiger partial charge in [0.15, 0.2) is 0 Å². The molecule has 1 aromatic heterocycles. The molecule has 0 spiro atoms. The predicted molar refractivity (Wildman–Crippen MR) is 53.4 cm³/mol. The summed E-state index contributed by atoms with van der Waals surface area (Å²) in [4.78, 5) is 11.7. The van der Waals surface area contributed by atoms with Crippen LogP contribution in [0.5, 0.6) is 0 Å². The van der Waals surface area contributed by atoms with Crippen molar-refractivity contribution < 1.29 is 0 Å². The lowest BCUT2D eigenvalue weighted by Crippen LogP contribution is -2.23. The van der Waals surface area contributed by atoms with Crippen molar-refractivity contribution in [3.63, 3.8) is 0 Å². The Balaban J connectivity index is 2.48. The molecule has 0 aliphatic heterocycles. The number of benzene rings is 1. The van der Waals surface area contributed by atoms with Gasteiger partial charge < -0.3 is 0 Å². The molecule has 0 fully saturated rings. The fourth-order valence-corrected chi connectivity index (χ4v) is 1.28. The Morgan fingerprint density at radius 1 is 1.33 bits per heavy atom. The SMILES string of the molecule is N#CCn1ncn(-c2ccccc2)c1=O. The summed E-state index contributed by atoms with van der Waals surface area (Å²) in [6.45, 7) is -0.0291. The monoisotopic (exact) mass is 200 g/mol. The van der Waals surface area contributed by atoms with Crippen LogP contribution in [0, 0.1) is 11.3 Å². The summed E-state index contributed by atoms with van der Waals surface area (Å²) < 4.78 is 2.52. The number of aromatic nitrogens is 3. The van der Waals surface area contributed by atoms with Crippen LogP contribution in [0.1, 0.15) is 0 Å². The molecule has 74 valence electrons. The van der Waals surface area contributed by atoms with Gasteiger partial charge in [-0.1, -0.05) is 18.2 Å². The molecule has 0 radical (unpaired) electrons. The first-order chi connectivity index (χ1) is 7.33. The van der Waals surface area contributed by atoms with Crippen LogP contribution < -0.4 is 5.69 Å². The summed E-state index contributed by atoms with van der Waals surface area (Å²) in [5.41, 5.74) is 0.439. The molecule has 0 aliphatic carbocycles. The molecule has 5 nitrogen and oxygen atoms in total. The van der Waals surface area contributed by atoms with Crippen LogP contribution in [0.15, 0.2) is 41.5 Å². The van der Waals surface area contributed by atoms with Gasteiger partial charge in [-0.15, -0.1) is 0 Å². The first-order valence-corrected chi connectivity index (χ1v) is 4.40. The Bertz CT molecular complexity index is 547. The fourth-order valence-electron chi connectivity index (χ4n) is 1.28. The molecule has 0 N–H and O–H groups in total. The van der Waals surface area contributed by atoms with Gasteiger partial charge in [0.05, 0.1) is 11.8 Å². The molecule has 0 atom stereocenters. The van der Waals surface area contributed by atoms with Crippen LogP contribution in [0.25, 0.3) is 5.69 Å². The highest BCUT2D eigenvalue weighted by Crippen LogP contribution is 2.01. The zero-order valence-corrected chi connectivity index (χ0v) is 7.87. The maximum Gasteiger partial charge on any atom is 0.351 e. The topological polar surface area (TPSA) is 63.6 Å². The van der Waals surface area contributed by atoms with Gasteiger partial charge in [0.2, 0.25) is 0 Å². The third kappa shape index (κ3) is 1.65. The average molecular weight is 200 g/mol. The van der Waals surface area contributed by atoms with E-state index in [-0.39, 0.29) is 12.2 Å². The number of hydrogen-bond acceptors (Lipinski definition) is 3. The van der Waals surface area contributed by atoms with Gasteiger partial charge >= 0.3 is 5.69 Å². The summed E-state index contributed by atoms with van der Waals surface area (Å²) in [5, 5.41) is 12.3. The molecule has 1 heterocycles. The minimum absolute atomic E-state index is 0.0291. The van der Waals surface area contributed by atoms with E-state index in [4.69, 9.17) is 5.26 Å². The summed E-state index contributed by atoms with van der Waals surface area (Å²) in [7, 11) is 0. The molecular weight excluding hydrogens is 192 g/mol. The molecule has 1 aromatic carbocycles. The van der Waals surface area contributed by atoms with Gasteiger partial charge in [0.25, 0.3) is 0 Å². The van der Waals surface area contributed by atoms with E-state index in [9.17, 15) is 4.79 Å². The van der Waals surface area contributed by atoms with Crippen LogP contribution in [0.4, 0.5) is 0 Å². The maximum absolute atomic E-state index is 11.7. The van der Waals surface area contributed by atoms with Crippen molar-refractivity contribution in [1.82, 2.24) is 14.3 Å². The normalized spacial score (nSPS) is 9.80. The maximum atomic E-state index is 11.7. The molecular formula is C10H8N4O. The summed E-state index contributed by atoms with van der Waals surface area (Å²) in [6.07, 6.45) is 1.41. The molecule has 15 heavy (non-hydrogen) atoms. The Morgan fingerprint density at radius 3 is 2.73 bits per heavy atom. The number of para-hydroxylation sites is 1. The highest BCUT2D eigenvalue weighted by Gasteiger charge is 2.04. The van der Waals surface area contributed by atoms with E-state index in [0.717, 1.165) is 10.4 Å². The van der Waals surface area contributed by atoms with Gasteiger partial charge in [-0.05, 0) is 12.1 Å². The average Bonchev–Trinajstić information content (AvgIpc) is 2.63. The van der Waals surface area contributed by atoms with E-state index < -0.39 is 0 Å². The van der Waals surface area contributed by atoms with Crippen molar-refractivity contribution >= 4 is 0 Å². The highest BCUT2D eigenvalue weighted by atomic mass is 16.2. The molecule has 0 saturated heterocycles. The Kier molecular flexibility index (Phi) is 2.33. The second kappa shape index (κ2) is 3.80. The van der Waals surface area contributed by atoms with Crippen molar-refractivity contribution in [2.45, 2.75) is 6.54 Å². The summed E-state index contributed by atoms with van der Waals surface area (Å²) in [6, 6.07) is 11.0. The molecule has 0 saturated carbocycles. The zero-order valence-electron chi connectivity index (χ0n) is 7.87. The standard InChI is InChI=1S/C10H8N4O/c11-6-7-14-10(15)13(8-12-14)9-4-2-1-3-5-9/h1-5,8H,7H2. The number of nitrogens with zero attached hydrogens (tertiary/aromatic N) is 4. The lowest BCUT2D eigenvalue weighted by Gasteiger charge is -1.97. The minimum Gasteiger partial charge on any atom is -0.250 e. The van der Waals surface area contributed by atoms with E-state index in [2.05, 4.69) is 5.10 Å². The molecule has 0 unspecified atom stereocenters. The first-order valence-electron chi connectivity index (χ1n) is 4.40. The summed E-state index contributed by atoms with van der Waals surface area (Å²) in [5.74, 6) is 0. The lowest BCUT2D eigenvalue weighted by atomic mass is 10.3. The van der Waals surface area contributed by atoms with Crippen LogP contribution in [0.2, 0.25) is 0 Å².